The first-order valence-electron chi connectivity index (χ1n) is 11.0. The topological polar surface area (TPSA) is 61.8 Å². The molecule has 7 heteroatoms. The van der Waals surface area contributed by atoms with Crippen LogP contribution in [-0.4, -0.2) is 48.6 Å². The van der Waals surface area contributed by atoms with E-state index in [9.17, 15) is 0 Å². The molecule has 0 aliphatic rings. The summed E-state index contributed by atoms with van der Waals surface area (Å²) in [6, 6.07) is 14.4. The standard InChI is InChI=1S/C24H37N5O.HI/c1-5-29(6-2)16-10-11-20(3)28-24(25-4)27-18-22-14-15-26-23(17-22)30-19-21-12-8-7-9-13-21;/h7-9,12-15,17,20H,5-6,10-11,16,18-19H2,1-4H3,(H2,25,27,28);1H. The van der Waals surface area contributed by atoms with Gasteiger partial charge in [0.1, 0.15) is 6.61 Å². The van der Waals surface area contributed by atoms with Crippen LogP contribution in [-0.2, 0) is 13.2 Å². The normalized spacial score (nSPS) is 12.2. The Morgan fingerprint density at radius 1 is 1.13 bits per heavy atom. The summed E-state index contributed by atoms with van der Waals surface area (Å²) in [6.07, 6.45) is 4.08. The van der Waals surface area contributed by atoms with Gasteiger partial charge in [-0.1, -0.05) is 44.2 Å². The molecule has 2 N–H and O–H groups in total. The molecule has 0 spiro atoms. The summed E-state index contributed by atoms with van der Waals surface area (Å²) in [5.74, 6) is 1.44. The van der Waals surface area contributed by atoms with E-state index in [1.807, 2.05) is 42.5 Å². The van der Waals surface area contributed by atoms with E-state index in [4.69, 9.17) is 4.74 Å². The third kappa shape index (κ3) is 10.8. The second kappa shape index (κ2) is 15.9. The molecule has 2 aromatic rings. The summed E-state index contributed by atoms with van der Waals surface area (Å²) in [5, 5.41) is 6.87. The Morgan fingerprint density at radius 3 is 2.55 bits per heavy atom. The van der Waals surface area contributed by atoms with E-state index in [2.05, 4.69) is 46.3 Å². The van der Waals surface area contributed by atoms with Gasteiger partial charge in [-0.25, -0.2) is 4.98 Å². The zero-order chi connectivity index (χ0) is 21.6. The molecule has 0 saturated heterocycles. The largest absolute Gasteiger partial charge is 0.473 e. The van der Waals surface area contributed by atoms with Gasteiger partial charge in [-0.15, -0.1) is 24.0 Å². The zero-order valence-electron chi connectivity index (χ0n) is 19.3. The molecule has 6 nitrogen and oxygen atoms in total. The number of guanidine groups is 1. The summed E-state index contributed by atoms with van der Waals surface area (Å²) < 4.78 is 5.82. The molecule has 1 atom stereocenters. The van der Waals surface area contributed by atoms with Crippen LogP contribution in [0.2, 0.25) is 0 Å². The van der Waals surface area contributed by atoms with Gasteiger partial charge in [-0.05, 0) is 56.6 Å². The fourth-order valence-electron chi connectivity index (χ4n) is 3.22. The number of nitrogens with one attached hydrogen (secondary N) is 2. The predicted octanol–water partition coefficient (Wildman–Crippen LogP) is 4.45. The van der Waals surface area contributed by atoms with Crippen molar-refractivity contribution in [2.75, 3.05) is 26.7 Å². The number of hydrogen-bond donors (Lipinski definition) is 2. The predicted molar refractivity (Wildman–Crippen MR) is 140 cm³/mol. The van der Waals surface area contributed by atoms with Crippen molar-refractivity contribution >= 4 is 29.9 Å². The molecule has 1 unspecified atom stereocenters. The molecule has 0 aliphatic carbocycles. The van der Waals surface area contributed by atoms with Gasteiger partial charge in [0.05, 0.1) is 0 Å². The summed E-state index contributed by atoms with van der Waals surface area (Å²) in [7, 11) is 1.80. The zero-order valence-corrected chi connectivity index (χ0v) is 21.6. The van der Waals surface area contributed by atoms with Crippen molar-refractivity contribution in [3.8, 4) is 5.88 Å². The molecule has 0 radical (unpaired) electrons. The smallest absolute Gasteiger partial charge is 0.213 e. The number of benzene rings is 1. The lowest BCUT2D eigenvalue weighted by Crippen LogP contribution is -2.42. The molecule has 0 fully saturated rings. The van der Waals surface area contributed by atoms with Gasteiger partial charge in [0, 0.05) is 31.9 Å². The molecule has 1 aromatic heterocycles. The Morgan fingerprint density at radius 2 is 1.87 bits per heavy atom. The summed E-state index contributed by atoms with van der Waals surface area (Å²) >= 11 is 0. The first kappa shape index (κ1) is 27.2. The van der Waals surface area contributed by atoms with Gasteiger partial charge in [0.25, 0.3) is 0 Å². The first-order valence-corrected chi connectivity index (χ1v) is 11.0. The van der Waals surface area contributed by atoms with Crippen molar-refractivity contribution < 1.29 is 4.74 Å². The monoisotopic (exact) mass is 539 g/mol. The highest BCUT2D eigenvalue weighted by atomic mass is 127. The van der Waals surface area contributed by atoms with E-state index >= 15 is 0 Å². The molecule has 0 bridgehead atoms. The molecule has 0 saturated carbocycles. The second-order valence-electron chi connectivity index (χ2n) is 7.42. The van der Waals surface area contributed by atoms with E-state index in [1.54, 1.807) is 13.2 Å². The Labute approximate surface area is 204 Å². The van der Waals surface area contributed by atoms with Crippen molar-refractivity contribution in [2.45, 2.75) is 52.8 Å². The summed E-state index contributed by atoms with van der Waals surface area (Å²) in [4.78, 5) is 11.1. The lowest BCUT2D eigenvalue weighted by Gasteiger charge is -2.21. The molecule has 31 heavy (non-hydrogen) atoms. The lowest BCUT2D eigenvalue weighted by molar-refractivity contribution is 0.292. The highest BCUT2D eigenvalue weighted by Gasteiger charge is 2.07. The van der Waals surface area contributed by atoms with Crippen LogP contribution in [0.4, 0.5) is 0 Å². The third-order valence-electron chi connectivity index (χ3n) is 5.10. The van der Waals surface area contributed by atoms with Crippen molar-refractivity contribution in [1.29, 1.82) is 0 Å². The maximum atomic E-state index is 5.82. The summed E-state index contributed by atoms with van der Waals surface area (Å²) in [6.45, 7) is 11.2. The number of nitrogens with zero attached hydrogens (tertiary/aromatic N) is 3. The Kier molecular flexibility index (Phi) is 13.9. The molecule has 0 amide bonds. The van der Waals surface area contributed by atoms with Crippen LogP contribution in [0.25, 0.3) is 0 Å². The molecular formula is C24H38IN5O. The van der Waals surface area contributed by atoms with E-state index in [-0.39, 0.29) is 24.0 Å². The molecule has 1 heterocycles. The van der Waals surface area contributed by atoms with Gasteiger partial charge < -0.3 is 20.3 Å². The molecule has 2 rings (SSSR count). The molecule has 172 valence electrons. The maximum Gasteiger partial charge on any atom is 0.213 e. The van der Waals surface area contributed by atoms with Crippen molar-refractivity contribution in [1.82, 2.24) is 20.5 Å². The van der Waals surface area contributed by atoms with Crippen molar-refractivity contribution in [3.63, 3.8) is 0 Å². The Bertz CT molecular complexity index is 753. The lowest BCUT2D eigenvalue weighted by atomic mass is 10.2. The van der Waals surface area contributed by atoms with Gasteiger partial charge in [0.2, 0.25) is 5.88 Å². The van der Waals surface area contributed by atoms with E-state index in [0.29, 0.717) is 25.1 Å². The average Bonchev–Trinajstić information content (AvgIpc) is 2.79. The van der Waals surface area contributed by atoms with E-state index in [1.165, 1.54) is 6.42 Å². The van der Waals surface area contributed by atoms with Gasteiger partial charge in [0.15, 0.2) is 5.96 Å². The second-order valence-corrected chi connectivity index (χ2v) is 7.42. The van der Waals surface area contributed by atoms with Crippen molar-refractivity contribution in [2.24, 2.45) is 4.99 Å². The maximum absolute atomic E-state index is 5.82. The molecule has 0 aliphatic heterocycles. The fraction of sp³-hybridized carbons (Fsp3) is 0.500. The Hall–Kier alpha value is -1.87. The quantitative estimate of drug-likeness (QED) is 0.237. The number of aliphatic imine (C=N–C) groups is 1. The minimum atomic E-state index is 0. The van der Waals surface area contributed by atoms with E-state index in [0.717, 1.165) is 43.1 Å². The number of aromatic nitrogens is 1. The average molecular weight is 540 g/mol. The van der Waals surface area contributed by atoms with Gasteiger partial charge in [-0.2, -0.15) is 0 Å². The SMILES string of the molecule is CCN(CC)CCCC(C)NC(=NC)NCc1ccnc(OCc2ccccc2)c1.I. The highest BCUT2D eigenvalue weighted by Crippen LogP contribution is 2.12. The van der Waals surface area contributed by atoms with E-state index < -0.39 is 0 Å². The number of hydrogen-bond acceptors (Lipinski definition) is 4. The third-order valence-corrected chi connectivity index (χ3v) is 5.10. The number of pyridine rings is 1. The van der Waals surface area contributed by atoms with Gasteiger partial charge >= 0.3 is 0 Å². The van der Waals surface area contributed by atoms with Gasteiger partial charge in [-0.3, -0.25) is 4.99 Å². The Balaban J connectivity index is 0.00000480. The fourth-order valence-corrected chi connectivity index (χ4v) is 3.22. The number of ether oxygens (including phenoxy) is 1. The van der Waals surface area contributed by atoms with Crippen LogP contribution in [0.1, 0.15) is 44.7 Å². The van der Waals surface area contributed by atoms with Crippen LogP contribution in [0, 0.1) is 0 Å². The van der Waals surface area contributed by atoms with Crippen LogP contribution < -0.4 is 15.4 Å². The van der Waals surface area contributed by atoms with Crippen LogP contribution in [0.15, 0.2) is 53.7 Å². The van der Waals surface area contributed by atoms with Crippen LogP contribution >= 0.6 is 24.0 Å². The minimum Gasteiger partial charge on any atom is -0.473 e. The van der Waals surface area contributed by atoms with Crippen molar-refractivity contribution in [3.05, 3.63) is 59.8 Å². The first-order chi connectivity index (χ1) is 14.6. The number of halogens is 1. The number of rotatable bonds is 12. The summed E-state index contributed by atoms with van der Waals surface area (Å²) in [5.41, 5.74) is 2.23. The van der Waals surface area contributed by atoms with Crippen LogP contribution in [0.5, 0.6) is 5.88 Å². The molecular weight excluding hydrogens is 501 g/mol. The molecule has 1 aromatic carbocycles. The van der Waals surface area contributed by atoms with Crippen LogP contribution in [0.3, 0.4) is 0 Å². The minimum absolute atomic E-state index is 0. The highest BCUT2D eigenvalue weighted by molar-refractivity contribution is 14.0.